The summed E-state index contributed by atoms with van der Waals surface area (Å²) in [5.41, 5.74) is 0.0582. The van der Waals surface area contributed by atoms with Crippen LogP contribution < -0.4 is 0 Å². The lowest BCUT2D eigenvalue weighted by molar-refractivity contribution is -0.137. The Morgan fingerprint density at radius 1 is 1.39 bits per heavy atom. The van der Waals surface area contributed by atoms with Crippen LogP contribution in [0.4, 0.5) is 0 Å². The Hall–Kier alpha value is -1.41. The summed E-state index contributed by atoms with van der Waals surface area (Å²) < 4.78 is 25.1. The number of carbonyl (C=O) groups excluding carboxylic acids is 1. The topological polar surface area (TPSA) is 91.8 Å². The standard InChI is InChI=1S/C10H8BrNO5S/c11-6-2-1-3-7-9(6)10(15)12(18(7,16)17)5-4-8(13)14/h1-3H,4-5H2,(H,13,14). The zero-order valence-electron chi connectivity index (χ0n) is 8.96. The van der Waals surface area contributed by atoms with Gasteiger partial charge in [0.2, 0.25) is 0 Å². The van der Waals surface area contributed by atoms with Gasteiger partial charge in [0.15, 0.2) is 0 Å². The van der Waals surface area contributed by atoms with Gasteiger partial charge in [-0.1, -0.05) is 6.07 Å². The monoisotopic (exact) mass is 333 g/mol. The largest absolute Gasteiger partial charge is 0.481 e. The van der Waals surface area contributed by atoms with E-state index >= 15 is 0 Å². The van der Waals surface area contributed by atoms with Crippen LogP contribution in [0.25, 0.3) is 0 Å². The fourth-order valence-corrected chi connectivity index (χ4v) is 3.95. The molecule has 0 saturated carbocycles. The average Bonchev–Trinajstić information content (AvgIpc) is 2.46. The molecule has 1 heterocycles. The lowest BCUT2D eigenvalue weighted by Gasteiger charge is -2.13. The third-order valence-corrected chi connectivity index (χ3v) is 5.00. The number of fused-ring (bicyclic) bond motifs is 1. The van der Waals surface area contributed by atoms with Crippen LogP contribution in [0.15, 0.2) is 27.6 Å². The summed E-state index contributed by atoms with van der Waals surface area (Å²) in [6, 6.07) is 4.40. The van der Waals surface area contributed by atoms with Gasteiger partial charge in [-0.3, -0.25) is 9.59 Å². The van der Waals surface area contributed by atoms with Gasteiger partial charge in [-0.15, -0.1) is 0 Å². The Kier molecular flexibility index (Phi) is 3.16. The number of benzene rings is 1. The van der Waals surface area contributed by atoms with E-state index in [0.717, 1.165) is 0 Å². The van der Waals surface area contributed by atoms with Gasteiger partial charge in [0.1, 0.15) is 4.90 Å². The van der Waals surface area contributed by atoms with Crippen LogP contribution in [0.5, 0.6) is 0 Å². The van der Waals surface area contributed by atoms with Crippen molar-refractivity contribution in [3.8, 4) is 0 Å². The second-order valence-corrected chi connectivity index (χ2v) is 6.32. The minimum absolute atomic E-state index is 0.0582. The highest BCUT2D eigenvalue weighted by Gasteiger charge is 2.42. The quantitative estimate of drug-likeness (QED) is 0.893. The summed E-state index contributed by atoms with van der Waals surface area (Å²) in [6.07, 6.45) is -0.420. The molecule has 0 aromatic heterocycles. The average molecular weight is 334 g/mol. The number of aliphatic carboxylic acids is 1. The molecule has 0 bridgehead atoms. The van der Waals surface area contributed by atoms with Gasteiger partial charge in [0.05, 0.1) is 12.0 Å². The molecule has 18 heavy (non-hydrogen) atoms. The van der Waals surface area contributed by atoms with Crippen molar-refractivity contribution in [2.75, 3.05) is 6.54 Å². The fourth-order valence-electron chi connectivity index (χ4n) is 1.70. The first-order chi connectivity index (χ1) is 8.35. The number of sulfonamides is 1. The highest BCUT2D eigenvalue weighted by atomic mass is 79.9. The van der Waals surface area contributed by atoms with Gasteiger partial charge in [-0.2, -0.15) is 0 Å². The van der Waals surface area contributed by atoms with Crippen molar-refractivity contribution in [3.63, 3.8) is 0 Å². The molecule has 0 unspecified atom stereocenters. The van der Waals surface area contributed by atoms with Crippen molar-refractivity contribution >= 4 is 37.8 Å². The first-order valence-electron chi connectivity index (χ1n) is 4.93. The highest BCUT2D eigenvalue weighted by molar-refractivity contribution is 9.10. The number of carbonyl (C=O) groups is 2. The number of hydrogen-bond acceptors (Lipinski definition) is 4. The third-order valence-electron chi connectivity index (χ3n) is 2.51. The summed E-state index contributed by atoms with van der Waals surface area (Å²) in [5, 5.41) is 8.56. The number of hydrogen-bond donors (Lipinski definition) is 1. The molecular formula is C10H8BrNO5S. The van der Waals surface area contributed by atoms with Gasteiger partial charge < -0.3 is 5.11 Å². The highest BCUT2D eigenvalue weighted by Crippen LogP contribution is 2.34. The number of nitrogens with zero attached hydrogens (tertiary/aromatic N) is 1. The lowest BCUT2D eigenvalue weighted by atomic mass is 10.2. The molecule has 1 aliphatic rings. The SMILES string of the molecule is O=C(O)CCN1C(=O)c2c(Br)cccc2S1(=O)=O. The van der Waals surface area contributed by atoms with Gasteiger partial charge >= 0.3 is 5.97 Å². The molecule has 96 valence electrons. The molecule has 0 fully saturated rings. The predicted molar refractivity (Wildman–Crippen MR) is 64.6 cm³/mol. The summed E-state index contributed by atoms with van der Waals surface area (Å²) >= 11 is 3.12. The van der Waals surface area contributed by atoms with E-state index in [0.29, 0.717) is 8.78 Å². The smallest absolute Gasteiger partial charge is 0.305 e. The molecule has 0 atom stereocenters. The van der Waals surface area contributed by atoms with Crippen LogP contribution in [-0.2, 0) is 14.8 Å². The van der Waals surface area contributed by atoms with E-state index in [1.165, 1.54) is 12.1 Å². The van der Waals surface area contributed by atoms with Gasteiger partial charge in [-0.25, -0.2) is 12.7 Å². The Bertz CT molecular complexity index is 640. The van der Waals surface area contributed by atoms with Crippen LogP contribution >= 0.6 is 15.9 Å². The summed E-state index contributed by atoms with van der Waals surface area (Å²) in [5.74, 6) is -1.85. The second kappa shape index (κ2) is 4.36. The molecule has 6 nitrogen and oxygen atoms in total. The van der Waals surface area contributed by atoms with E-state index in [-0.39, 0.29) is 17.0 Å². The maximum Gasteiger partial charge on any atom is 0.305 e. The lowest BCUT2D eigenvalue weighted by Crippen LogP contribution is -2.32. The van der Waals surface area contributed by atoms with Crippen LogP contribution in [0, 0.1) is 0 Å². The number of carboxylic acids is 1. The van der Waals surface area contributed by atoms with E-state index in [1.54, 1.807) is 6.07 Å². The maximum absolute atomic E-state index is 12.1. The number of rotatable bonds is 3. The van der Waals surface area contributed by atoms with Crippen LogP contribution in [-0.4, -0.2) is 36.3 Å². The zero-order chi connectivity index (χ0) is 13.5. The molecule has 0 aliphatic carbocycles. The van der Waals surface area contributed by atoms with E-state index < -0.39 is 28.3 Å². The summed E-state index contributed by atoms with van der Waals surface area (Å²) in [7, 11) is -3.92. The Labute approximate surface area is 111 Å². The van der Waals surface area contributed by atoms with E-state index in [2.05, 4.69) is 15.9 Å². The van der Waals surface area contributed by atoms with Gasteiger partial charge in [0, 0.05) is 11.0 Å². The number of amides is 1. The van der Waals surface area contributed by atoms with Crippen molar-refractivity contribution in [2.24, 2.45) is 0 Å². The van der Waals surface area contributed by atoms with Gasteiger partial charge in [-0.05, 0) is 28.1 Å². The van der Waals surface area contributed by atoms with Crippen LogP contribution in [0.3, 0.4) is 0 Å². The minimum atomic E-state index is -3.92. The number of carboxylic acid groups (broad SMARTS) is 1. The van der Waals surface area contributed by atoms with Crippen molar-refractivity contribution in [2.45, 2.75) is 11.3 Å². The minimum Gasteiger partial charge on any atom is -0.481 e. The van der Waals surface area contributed by atoms with Crippen LogP contribution in [0.2, 0.25) is 0 Å². The predicted octanol–water partition coefficient (Wildman–Crippen LogP) is 1.07. The number of halogens is 1. The first-order valence-corrected chi connectivity index (χ1v) is 7.16. The molecule has 2 rings (SSSR count). The second-order valence-electron chi connectivity index (χ2n) is 3.64. The van der Waals surface area contributed by atoms with Crippen molar-refractivity contribution in [1.29, 1.82) is 0 Å². The Morgan fingerprint density at radius 3 is 2.61 bits per heavy atom. The summed E-state index contributed by atoms with van der Waals surface area (Å²) in [4.78, 5) is 22.4. The first kappa shape index (κ1) is 13.0. The Morgan fingerprint density at radius 2 is 2.06 bits per heavy atom. The fraction of sp³-hybridized carbons (Fsp3) is 0.200. The van der Waals surface area contributed by atoms with E-state index in [9.17, 15) is 18.0 Å². The normalized spacial score (nSPS) is 16.7. The molecular weight excluding hydrogens is 326 g/mol. The van der Waals surface area contributed by atoms with Crippen molar-refractivity contribution < 1.29 is 23.1 Å². The van der Waals surface area contributed by atoms with Crippen molar-refractivity contribution in [1.82, 2.24) is 4.31 Å². The molecule has 1 aromatic rings. The Balaban J connectivity index is 2.48. The molecule has 1 aliphatic heterocycles. The molecule has 1 aromatic carbocycles. The zero-order valence-corrected chi connectivity index (χ0v) is 11.4. The van der Waals surface area contributed by atoms with Gasteiger partial charge in [0.25, 0.3) is 15.9 Å². The molecule has 8 heteroatoms. The molecule has 0 spiro atoms. The molecule has 1 N–H and O–H groups in total. The molecule has 0 radical (unpaired) electrons. The van der Waals surface area contributed by atoms with Crippen LogP contribution in [0.1, 0.15) is 16.8 Å². The van der Waals surface area contributed by atoms with Crippen molar-refractivity contribution in [3.05, 3.63) is 28.2 Å². The molecule has 0 saturated heterocycles. The maximum atomic E-state index is 12.1. The summed E-state index contributed by atoms with van der Waals surface area (Å²) in [6.45, 7) is -0.363. The third kappa shape index (κ3) is 1.91. The molecule has 1 amide bonds. The van der Waals surface area contributed by atoms with E-state index in [4.69, 9.17) is 5.11 Å². The van der Waals surface area contributed by atoms with E-state index in [1.807, 2.05) is 0 Å².